The highest BCUT2D eigenvalue weighted by molar-refractivity contribution is 5.73. The molecule has 7 N–H and O–H groups in total. The van der Waals surface area contributed by atoms with Crippen molar-refractivity contribution in [2.24, 2.45) is 0 Å². The van der Waals surface area contributed by atoms with Crippen LogP contribution in [0.2, 0.25) is 0 Å². The van der Waals surface area contributed by atoms with Gasteiger partial charge in [0.1, 0.15) is 36.1 Å². The van der Waals surface area contributed by atoms with Gasteiger partial charge in [0, 0.05) is 0 Å². The Bertz CT molecular complexity index is 469. The highest BCUT2D eigenvalue weighted by atomic mass is 16.7. The summed E-state index contributed by atoms with van der Waals surface area (Å²) in [4.78, 5) is 11.2. The molecule has 0 aliphatic carbocycles. The topological polar surface area (TPSA) is 186 Å². The van der Waals surface area contributed by atoms with E-state index in [1.807, 2.05) is 0 Å². The quantitative estimate of drug-likeness (QED) is 0.263. The molecule has 0 amide bonds. The molecule has 11 heteroatoms. The lowest BCUT2D eigenvalue weighted by atomic mass is 9.86. The molecule has 140 valence electrons. The maximum absolute atomic E-state index is 11.2. The molecule has 0 aromatic heterocycles. The lowest BCUT2D eigenvalue weighted by Gasteiger charge is -2.48. The van der Waals surface area contributed by atoms with Gasteiger partial charge in [-0.1, -0.05) is 0 Å². The van der Waals surface area contributed by atoms with Crippen LogP contribution in [-0.4, -0.2) is 103 Å². The van der Waals surface area contributed by atoms with Crippen LogP contribution in [0.4, 0.5) is 0 Å². The van der Waals surface area contributed by atoms with Crippen molar-refractivity contribution in [3.05, 3.63) is 0 Å². The highest BCUT2D eigenvalue weighted by Crippen LogP contribution is 2.33. The van der Waals surface area contributed by atoms with Crippen molar-refractivity contribution in [3.8, 4) is 0 Å². The molecule has 0 spiro atoms. The zero-order chi connectivity index (χ0) is 18.4. The Kier molecular flexibility index (Phi) is 5.49. The van der Waals surface area contributed by atoms with E-state index in [0.29, 0.717) is 0 Å². The molecule has 0 unspecified atom stereocenters. The molecule has 0 aromatic carbocycles. The summed E-state index contributed by atoms with van der Waals surface area (Å²) < 4.78 is 15.1. The standard InChI is InChI=1S/C13H22O11/c1-3-8(16)13(2,21)9(17)12(22-3)24-6-4(14)5(15)11(20)23-7(6)10(18)19/h3-9,11-12,14-17,20-21H,1-2H3,(H,18,19)/t3-,4+,5+,6-,7-,8-,9-,11+,12-,13+/m0/s1. The van der Waals surface area contributed by atoms with E-state index in [9.17, 15) is 35.4 Å². The molecule has 0 radical (unpaired) electrons. The molecule has 2 fully saturated rings. The maximum atomic E-state index is 11.2. The Hall–Kier alpha value is -0.890. The van der Waals surface area contributed by atoms with E-state index in [1.54, 1.807) is 0 Å². The average molecular weight is 354 g/mol. The second kappa shape index (κ2) is 6.78. The zero-order valence-corrected chi connectivity index (χ0v) is 13.0. The summed E-state index contributed by atoms with van der Waals surface area (Å²) in [5.41, 5.74) is -2.03. The molecular formula is C13H22O11. The van der Waals surface area contributed by atoms with Gasteiger partial charge in [-0.2, -0.15) is 0 Å². The van der Waals surface area contributed by atoms with E-state index < -0.39 is 66.9 Å². The molecule has 2 heterocycles. The molecule has 0 saturated carbocycles. The number of aliphatic hydroxyl groups is 6. The number of ether oxygens (including phenoxy) is 3. The highest BCUT2D eigenvalue weighted by Gasteiger charge is 2.55. The SMILES string of the molecule is C[C@@H]1O[C@@H](O[C@H]2[C@H](O)[C@@H](O)[C@H](O)O[C@@H]2C(=O)O)[C@H](O)[C@](C)(O)[C@H]1O. The number of carbonyl (C=O) groups is 1. The molecule has 11 nitrogen and oxygen atoms in total. The predicted molar refractivity (Wildman–Crippen MR) is 72.4 cm³/mol. The molecule has 2 aliphatic rings. The van der Waals surface area contributed by atoms with Crippen LogP contribution in [0.5, 0.6) is 0 Å². The first-order valence-corrected chi connectivity index (χ1v) is 7.30. The molecule has 2 saturated heterocycles. The number of hydrogen-bond donors (Lipinski definition) is 7. The van der Waals surface area contributed by atoms with Gasteiger partial charge in [0.05, 0.1) is 6.10 Å². The van der Waals surface area contributed by atoms with Crippen LogP contribution in [0.15, 0.2) is 0 Å². The number of carboxylic acid groups (broad SMARTS) is 1. The summed E-state index contributed by atoms with van der Waals surface area (Å²) in [5.74, 6) is -1.59. The van der Waals surface area contributed by atoms with E-state index in [0.717, 1.165) is 6.92 Å². The van der Waals surface area contributed by atoms with Gasteiger partial charge in [-0.15, -0.1) is 0 Å². The van der Waals surface area contributed by atoms with E-state index >= 15 is 0 Å². The zero-order valence-electron chi connectivity index (χ0n) is 13.0. The fraction of sp³-hybridized carbons (Fsp3) is 0.923. The Morgan fingerprint density at radius 1 is 1.04 bits per heavy atom. The molecule has 0 bridgehead atoms. The molecule has 2 aliphatic heterocycles. The van der Waals surface area contributed by atoms with Gasteiger partial charge in [0.25, 0.3) is 0 Å². The average Bonchev–Trinajstić information content (AvgIpc) is 2.50. The number of rotatable bonds is 3. The number of hydrogen-bond acceptors (Lipinski definition) is 10. The largest absolute Gasteiger partial charge is 0.479 e. The summed E-state index contributed by atoms with van der Waals surface area (Å²) in [6, 6.07) is 0. The van der Waals surface area contributed by atoms with Crippen LogP contribution < -0.4 is 0 Å². The molecule has 10 atom stereocenters. The Morgan fingerprint density at radius 3 is 2.17 bits per heavy atom. The molecular weight excluding hydrogens is 332 g/mol. The minimum absolute atomic E-state index is 0.978. The van der Waals surface area contributed by atoms with E-state index in [4.69, 9.17) is 19.3 Å². The molecule has 24 heavy (non-hydrogen) atoms. The van der Waals surface area contributed by atoms with Crippen LogP contribution in [0, 0.1) is 0 Å². The van der Waals surface area contributed by atoms with Crippen LogP contribution in [0.25, 0.3) is 0 Å². The van der Waals surface area contributed by atoms with E-state index in [2.05, 4.69) is 0 Å². The summed E-state index contributed by atoms with van der Waals surface area (Å²) in [5, 5.41) is 68.2. The van der Waals surface area contributed by atoms with Gasteiger partial charge < -0.3 is 50.0 Å². The monoisotopic (exact) mass is 354 g/mol. The van der Waals surface area contributed by atoms with Gasteiger partial charge >= 0.3 is 5.97 Å². The van der Waals surface area contributed by atoms with Crippen molar-refractivity contribution < 1.29 is 54.8 Å². The third-order valence-corrected chi connectivity index (χ3v) is 4.35. The second-order valence-corrected chi connectivity index (χ2v) is 6.19. The third-order valence-electron chi connectivity index (χ3n) is 4.35. The van der Waals surface area contributed by atoms with Gasteiger partial charge in [-0.3, -0.25) is 0 Å². The van der Waals surface area contributed by atoms with Gasteiger partial charge in [0.2, 0.25) is 0 Å². The summed E-state index contributed by atoms with van der Waals surface area (Å²) in [6.45, 7) is 2.53. The minimum Gasteiger partial charge on any atom is -0.479 e. The van der Waals surface area contributed by atoms with Gasteiger partial charge in [-0.05, 0) is 13.8 Å². The number of aliphatic hydroxyl groups excluding tert-OH is 5. The Balaban J connectivity index is 2.22. The van der Waals surface area contributed by atoms with Crippen molar-refractivity contribution in [1.82, 2.24) is 0 Å². The van der Waals surface area contributed by atoms with Crippen molar-refractivity contribution in [3.63, 3.8) is 0 Å². The van der Waals surface area contributed by atoms with Crippen molar-refractivity contribution in [2.75, 3.05) is 0 Å². The number of carboxylic acids is 1. The lowest BCUT2D eigenvalue weighted by Crippen LogP contribution is -2.67. The number of aliphatic carboxylic acids is 1. The summed E-state index contributed by atoms with van der Waals surface area (Å²) in [7, 11) is 0. The van der Waals surface area contributed by atoms with Crippen LogP contribution in [0.1, 0.15) is 13.8 Å². The van der Waals surface area contributed by atoms with Crippen LogP contribution in [-0.2, 0) is 19.0 Å². The van der Waals surface area contributed by atoms with Crippen molar-refractivity contribution in [1.29, 1.82) is 0 Å². The predicted octanol–water partition coefficient (Wildman–Crippen LogP) is -3.89. The first kappa shape index (κ1) is 19.4. The van der Waals surface area contributed by atoms with Crippen molar-refractivity contribution >= 4 is 5.97 Å². The fourth-order valence-corrected chi connectivity index (χ4v) is 2.75. The van der Waals surface area contributed by atoms with Crippen molar-refractivity contribution in [2.45, 2.75) is 74.8 Å². The minimum atomic E-state index is -2.03. The molecule has 2 rings (SSSR count). The lowest BCUT2D eigenvalue weighted by molar-refractivity contribution is -0.360. The molecule has 0 aromatic rings. The second-order valence-electron chi connectivity index (χ2n) is 6.19. The smallest absolute Gasteiger partial charge is 0.335 e. The van der Waals surface area contributed by atoms with Gasteiger partial charge in [0.15, 0.2) is 18.7 Å². The normalized spacial score (nSPS) is 52.9. The fourth-order valence-electron chi connectivity index (χ4n) is 2.75. The summed E-state index contributed by atoms with van der Waals surface area (Å²) >= 11 is 0. The van der Waals surface area contributed by atoms with E-state index in [-0.39, 0.29) is 0 Å². The Labute approximate surface area is 136 Å². The Morgan fingerprint density at radius 2 is 1.62 bits per heavy atom. The third kappa shape index (κ3) is 3.27. The van der Waals surface area contributed by atoms with Crippen LogP contribution >= 0.6 is 0 Å². The van der Waals surface area contributed by atoms with Crippen LogP contribution in [0.3, 0.4) is 0 Å². The van der Waals surface area contributed by atoms with Gasteiger partial charge in [-0.25, -0.2) is 4.79 Å². The first-order chi connectivity index (χ1) is 11.0. The van der Waals surface area contributed by atoms with E-state index in [1.165, 1.54) is 6.92 Å². The maximum Gasteiger partial charge on any atom is 0.335 e. The first-order valence-electron chi connectivity index (χ1n) is 7.30. The summed E-state index contributed by atoms with van der Waals surface area (Å²) in [6.07, 6.45) is -15.0.